The molecule has 0 atom stereocenters. The lowest BCUT2D eigenvalue weighted by molar-refractivity contribution is -0.384. The molecule has 1 N–H and O–H groups in total. The molecule has 0 spiro atoms. The molecule has 3 rings (SSSR count). The van der Waals surface area contributed by atoms with Crippen LogP contribution in [0.3, 0.4) is 0 Å². The predicted octanol–water partition coefficient (Wildman–Crippen LogP) is 3.51. The number of nitro groups is 1. The number of amides is 1. The lowest BCUT2D eigenvalue weighted by Crippen LogP contribution is -2.17. The number of benzene rings is 3. The molecule has 0 aliphatic heterocycles. The highest BCUT2D eigenvalue weighted by atomic mass is 16.6. The summed E-state index contributed by atoms with van der Waals surface area (Å²) in [5.74, 6) is -0.429. The molecule has 0 aliphatic carbocycles. The molecule has 1 amide bonds. The Bertz CT molecular complexity index is 928. The number of rotatable bonds is 4. The number of non-ortho nitro benzene ring substituents is 1. The first-order valence-electron chi connectivity index (χ1n) is 7.21. The Balaban J connectivity index is 1.73. The van der Waals surface area contributed by atoms with E-state index in [1.807, 2.05) is 42.5 Å². The van der Waals surface area contributed by atoms with E-state index < -0.39 is 10.8 Å². The molecule has 118 valence electrons. The van der Waals surface area contributed by atoms with Gasteiger partial charge in [0, 0.05) is 23.3 Å². The molecule has 0 heterocycles. The Morgan fingerprint density at radius 2 is 1.71 bits per heavy atom. The molecule has 0 radical (unpaired) electrons. The van der Waals surface area contributed by atoms with E-state index in [1.165, 1.54) is 24.3 Å². The zero-order chi connectivity index (χ0) is 16.9. The summed E-state index contributed by atoms with van der Waals surface area (Å²) < 4.78 is 0. The molecule has 0 saturated heterocycles. The molecular formula is C18H13N3O3. The minimum Gasteiger partial charge on any atom is -0.267 e. The SMILES string of the molecule is O=C(N/N=C\c1cccc2ccccc12)c1ccc([N+](=O)[O-])cc1. The van der Waals surface area contributed by atoms with Crippen molar-refractivity contribution in [1.82, 2.24) is 5.43 Å². The first kappa shape index (κ1) is 15.4. The molecule has 24 heavy (non-hydrogen) atoms. The summed E-state index contributed by atoms with van der Waals surface area (Å²) >= 11 is 0. The lowest BCUT2D eigenvalue weighted by Gasteiger charge is -2.02. The minimum atomic E-state index is -0.514. The molecule has 3 aromatic carbocycles. The largest absolute Gasteiger partial charge is 0.271 e. The standard InChI is InChI=1S/C18H13N3O3/c22-18(14-8-10-16(11-9-14)21(23)24)20-19-12-15-6-3-5-13-4-1-2-7-17(13)15/h1-12H,(H,20,22)/b19-12-. The highest BCUT2D eigenvalue weighted by molar-refractivity contribution is 6.00. The zero-order valence-corrected chi connectivity index (χ0v) is 12.5. The van der Waals surface area contributed by atoms with Crippen molar-refractivity contribution < 1.29 is 9.72 Å². The van der Waals surface area contributed by atoms with Gasteiger partial charge in [-0.2, -0.15) is 5.10 Å². The van der Waals surface area contributed by atoms with Gasteiger partial charge in [0.1, 0.15) is 0 Å². The van der Waals surface area contributed by atoms with Crippen molar-refractivity contribution in [2.75, 3.05) is 0 Å². The smallest absolute Gasteiger partial charge is 0.267 e. The van der Waals surface area contributed by atoms with Crippen molar-refractivity contribution in [2.24, 2.45) is 5.10 Å². The summed E-state index contributed by atoms with van der Waals surface area (Å²) in [7, 11) is 0. The van der Waals surface area contributed by atoms with Crippen LogP contribution in [0.15, 0.2) is 71.8 Å². The molecule has 0 fully saturated rings. The monoisotopic (exact) mass is 319 g/mol. The van der Waals surface area contributed by atoms with E-state index in [2.05, 4.69) is 10.5 Å². The number of fused-ring (bicyclic) bond motifs is 1. The molecule has 0 aliphatic rings. The molecular weight excluding hydrogens is 306 g/mol. The van der Waals surface area contributed by atoms with Gasteiger partial charge in [-0.05, 0) is 22.9 Å². The second kappa shape index (κ2) is 6.70. The van der Waals surface area contributed by atoms with Crippen LogP contribution in [-0.2, 0) is 0 Å². The third-order valence-electron chi connectivity index (χ3n) is 3.53. The summed E-state index contributed by atoms with van der Waals surface area (Å²) in [6.45, 7) is 0. The Labute approximate surface area is 137 Å². The second-order valence-corrected chi connectivity index (χ2v) is 5.07. The Morgan fingerprint density at radius 1 is 1.00 bits per heavy atom. The molecule has 3 aromatic rings. The fourth-order valence-corrected chi connectivity index (χ4v) is 2.32. The summed E-state index contributed by atoms with van der Waals surface area (Å²) in [5.41, 5.74) is 3.55. The number of nitrogens with one attached hydrogen (secondary N) is 1. The van der Waals surface area contributed by atoms with Crippen LogP contribution in [0.25, 0.3) is 10.8 Å². The normalized spacial score (nSPS) is 10.8. The van der Waals surface area contributed by atoms with Gasteiger partial charge < -0.3 is 0 Å². The molecule has 6 nitrogen and oxygen atoms in total. The molecule has 6 heteroatoms. The van der Waals surface area contributed by atoms with Gasteiger partial charge in [-0.3, -0.25) is 14.9 Å². The number of nitro benzene ring substituents is 1. The van der Waals surface area contributed by atoms with Gasteiger partial charge in [-0.25, -0.2) is 5.43 Å². The van der Waals surface area contributed by atoms with E-state index in [9.17, 15) is 14.9 Å². The predicted molar refractivity (Wildman–Crippen MR) is 92.1 cm³/mol. The second-order valence-electron chi connectivity index (χ2n) is 5.07. The van der Waals surface area contributed by atoms with Crippen LogP contribution in [0.2, 0.25) is 0 Å². The fourth-order valence-electron chi connectivity index (χ4n) is 2.32. The Morgan fingerprint density at radius 3 is 2.46 bits per heavy atom. The summed E-state index contributed by atoms with van der Waals surface area (Å²) in [4.78, 5) is 22.1. The Hall–Kier alpha value is -3.54. The van der Waals surface area contributed by atoms with E-state index in [4.69, 9.17) is 0 Å². The van der Waals surface area contributed by atoms with E-state index in [1.54, 1.807) is 6.21 Å². The number of carbonyl (C=O) groups excluding carboxylic acids is 1. The summed E-state index contributed by atoms with van der Waals surface area (Å²) in [5, 5.41) is 16.7. The van der Waals surface area contributed by atoms with Crippen LogP contribution >= 0.6 is 0 Å². The van der Waals surface area contributed by atoms with Gasteiger partial charge in [0.15, 0.2) is 0 Å². The van der Waals surface area contributed by atoms with Crippen molar-refractivity contribution in [3.8, 4) is 0 Å². The number of hydrogen-bond donors (Lipinski definition) is 1. The van der Waals surface area contributed by atoms with Crippen LogP contribution in [0.5, 0.6) is 0 Å². The fraction of sp³-hybridized carbons (Fsp3) is 0. The van der Waals surface area contributed by atoms with Gasteiger partial charge in [0.25, 0.3) is 11.6 Å². The average Bonchev–Trinajstić information content (AvgIpc) is 2.62. The van der Waals surface area contributed by atoms with Crippen LogP contribution < -0.4 is 5.43 Å². The molecule has 0 aromatic heterocycles. The van der Waals surface area contributed by atoms with E-state index >= 15 is 0 Å². The van der Waals surface area contributed by atoms with Gasteiger partial charge >= 0.3 is 0 Å². The van der Waals surface area contributed by atoms with E-state index in [0.717, 1.165) is 16.3 Å². The topological polar surface area (TPSA) is 84.6 Å². The van der Waals surface area contributed by atoms with Gasteiger partial charge in [0.05, 0.1) is 11.1 Å². The number of hydrazone groups is 1. The summed E-state index contributed by atoms with van der Waals surface area (Å²) in [6.07, 6.45) is 1.58. The number of hydrogen-bond acceptors (Lipinski definition) is 4. The quantitative estimate of drug-likeness (QED) is 0.453. The van der Waals surface area contributed by atoms with Gasteiger partial charge in [0.2, 0.25) is 0 Å². The van der Waals surface area contributed by atoms with Crippen LogP contribution in [-0.4, -0.2) is 17.0 Å². The van der Waals surface area contributed by atoms with Crippen molar-refractivity contribution in [3.63, 3.8) is 0 Å². The maximum atomic E-state index is 12.0. The molecule has 0 unspecified atom stereocenters. The molecule has 0 bridgehead atoms. The highest BCUT2D eigenvalue weighted by Gasteiger charge is 2.08. The van der Waals surface area contributed by atoms with Crippen LogP contribution in [0.1, 0.15) is 15.9 Å². The van der Waals surface area contributed by atoms with Crippen molar-refractivity contribution in [3.05, 3.63) is 88.0 Å². The van der Waals surface area contributed by atoms with Gasteiger partial charge in [-0.1, -0.05) is 42.5 Å². The Kier molecular flexibility index (Phi) is 4.29. The third kappa shape index (κ3) is 3.27. The van der Waals surface area contributed by atoms with E-state index in [-0.39, 0.29) is 5.69 Å². The zero-order valence-electron chi connectivity index (χ0n) is 12.5. The average molecular weight is 319 g/mol. The third-order valence-corrected chi connectivity index (χ3v) is 3.53. The van der Waals surface area contributed by atoms with Crippen molar-refractivity contribution in [2.45, 2.75) is 0 Å². The first-order valence-corrected chi connectivity index (χ1v) is 7.21. The van der Waals surface area contributed by atoms with Crippen molar-refractivity contribution >= 4 is 28.6 Å². The lowest BCUT2D eigenvalue weighted by atomic mass is 10.1. The maximum Gasteiger partial charge on any atom is 0.271 e. The number of nitrogens with zero attached hydrogens (tertiary/aromatic N) is 2. The highest BCUT2D eigenvalue weighted by Crippen LogP contribution is 2.16. The van der Waals surface area contributed by atoms with Gasteiger partial charge in [-0.15, -0.1) is 0 Å². The van der Waals surface area contributed by atoms with Crippen LogP contribution in [0.4, 0.5) is 5.69 Å². The minimum absolute atomic E-state index is 0.0641. The van der Waals surface area contributed by atoms with Crippen LogP contribution in [0, 0.1) is 10.1 Å². The number of carbonyl (C=O) groups is 1. The molecule has 0 saturated carbocycles. The van der Waals surface area contributed by atoms with E-state index in [0.29, 0.717) is 5.56 Å². The maximum absolute atomic E-state index is 12.0. The van der Waals surface area contributed by atoms with Crippen molar-refractivity contribution in [1.29, 1.82) is 0 Å². The summed E-state index contributed by atoms with van der Waals surface area (Å²) in [6, 6.07) is 19.0. The first-order chi connectivity index (χ1) is 11.6.